The van der Waals surface area contributed by atoms with Crippen LogP contribution in [0.1, 0.15) is 39.3 Å². The van der Waals surface area contributed by atoms with Gasteiger partial charge in [0.25, 0.3) is 0 Å². The first kappa shape index (κ1) is 22.2. The zero-order chi connectivity index (χ0) is 18.2. The fourth-order valence-electron chi connectivity index (χ4n) is 4.33. The number of halogens is 2. The van der Waals surface area contributed by atoms with Gasteiger partial charge >= 0.3 is 173 Å². The normalized spacial score (nSPS) is 16.1. The molecule has 143 valence electrons. The third-order valence-electron chi connectivity index (χ3n) is 5.64. The first-order valence-corrected chi connectivity index (χ1v) is 13.4. The molecule has 0 radical (unpaired) electrons. The molecule has 1 atom stereocenters. The summed E-state index contributed by atoms with van der Waals surface area (Å²) in [6.45, 7) is 2.37. The first-order chi connectivity index (χ1) is 13.3. The molecular weight excluding hydrogens is 562 g/mol. The van der Waals surface area contributed by atoms with Crippen molar-refractivity contribution in [1.29, 1.82) is 0 Å². The zero-order valence-electron chi connectivity index (χ0n) is 16.2. The number of allylic oxidation sites excluding steroid dienone is 4. The largest absolute Gasteiger partial charge is 1.00 e. The van der Waals surface area contributed by atoms with Gasteiger partial charge in [-0.3, -0.25) is 0 Å². The van der Waals surface area contributed by atoms with Crippen LogP contribution >= 0.6 is 0 Å². The Morgan fingerprint density at radius 3 is 2.24 bits per heavy atom. The van der Waals surface area contributed by atoms with Crippen LogP contribution in [0.3, 0.4) is 0 Å². The van der Waals surface area contributed by atoms with Crippen LogP contribution in [0.2, 0.25) is 0 Å². The Hall–Kier alpha value is -1.54. The molecule has 3 heteroatoms. The van der Waals surface area contributed by atoms with Crippen LogP contribution in [0, 0.1) is 0 Å². The first-order valence-electron chi connectivity index (χ1n) is 9.57. The van der Waals surface area contributed by atoms with E-state index in [9.17, 15) is 0 Å². The van der Waals surface area contributed by atoms with Crippen molar-refractivity contribution in [3.8, 4) is 11.1 Å². The van der Waals surface area contributed by atoms with E-state index in [1.165, 1.54) is 27.8 Å². The van der Waals surface area contributed by atoms with Crippen molar-refractivity contribution >= 4 is 8.83 Å². The predicted molar refractivity (Wildman–Crippen MR) is 112 cm³/mol. The summed E-state index contributed by atoms with van der Waals surface area (Å²) in [6, 6.07) is 27.0. The monoisotopic (exact) mass is 583 g/mol. The Kier molecular flexibility index (Phi) is 7.27. The third-order valence-corrected chi connectivity index (χ3v) is 11.4. The molecule has 0 heterocycles. The van der Waals surface area contributed by atoms with Gasteiger partial charge in [0, 0.05) is 0 Å². The molecule has 0 spiro atoms. The van der Waals surface area contributed by atoms with E-state index in [4.69, 9.17) is 0 Å². The Balaban J connectivity index is 0.00000120. The number of rotatable bonds is 3. The molecule has 0 saturated carbocycles. The van der Waals surface area contributed by atoms with Crippen molar-refractivity contribution < 1.29 is 47.2 Å². The minimum atomic E-state index is -1.10. The molecule has 0 aliphatic heterocycles. The molecule has 2 aliphatic rings. The summed E-state index contributed by atoms with van der Waals surface area (Å²) in [6.07, 6.45) is 7.84. The number of hydrogen-bond acceptors (Lipinski definition) is 0. The van der Waals surface area contributed by atoms with Crippen LogP contribution in [-0.4, -0.2) is 3.26 Å². The van der Waals surface area contributed by atoms with Gasteiger partial charge in [0.1, 0.15) is 0 Å². The van der Waals surface area contributed by atoms with E-state index in [1.54, 1.807) is 14.4 Å². The van der Waals surface area contributed by atoms with Crippen molar-refractivity contribution in [2.75, 3.05) is 0 Å². The Morgan fingerprint density at radius 2 is 1.48 bits per heavy atom. The second-order valence-electron chi connectivity index (χ2n) is 7.25. The van der Waals surface area contributed by atoms with E-state index in [1.807, 2.05) is 0 Å². The van der Waals surface area contributed by atoms with Crippen LogP contribution in [-0.2, 0) is 22.4 Å². The summed E-state index contributed by atoms with van der Waals surface area (Å²) in [7, 11) is 0. The van der Waals surface area contributed by atoms with Crippen molar-refractivity contribution in [1.82, 2.24) is 0 Å². The fourth-order valence-corrected chi connectivity index (χ4v) is 10.2. The molecule has 2 aliphatic carbocycles. The summed E-state index contributed by atoms with van der Waals surface area (Å²) >= 11 is -1.10. The molecule has 5 rings (SSSR count). The number of benzene rings is 3. The Bertz CT molecular complexity index is 1110. The molecule has 3 aromatic rings. The van der Waals surface area contributed by atoms with Crippen LogP contribution in [0.4, 0.5) is 0 Å². The third kappa shape index (κ3) is 4.06. The number of hydrogen-bond donors (Lipinski definition) is 0. The summed E-state index contributed by atoms with van der Waals surface area (Å²) in [4.78, 5) is 0. The zero-order valence-corrected chi connectivity index (χ0v) is 21.3. The van der Waals surface area contributed by atoms with Crippen molar-refractivity contribution in [2.45, 2.75) is 17.0 Å². The second-order valence-corrected chi connectivity index (χ2v) is 13.1. The second kappa shape index (κ2) is 9.51. The van der Waals surface area contributed by atoms with Gasteiger partial charge in [0.15, 0.2) is 0 Å². The number of fused-ring (bicyclic) bond motifs is 3. The smallest absolute Gasteiger partial charge is 1.00 e. The van der Waals surface area contributed by atoms with Crippen molar-refractivity contribution in [2.24, 2.45) is 0 Å². The minimum Gasteiger partial charge on any atom is -1.00 e. The van der Waals surface area contributed by atoms with Crippen LogP contribution in [0.5, 0.6) is 0 Å². The maximum atomic E-state index is 2.37. The molecule has 3 aromatic carbocycles. The van der Waals surface area contributed by atoms with Gasteiger partial charge in [0.05, 0.1) is 0 Å². The summed E-state index contributed by atoms with van der Waals surface area (Å²) < 4.78 is 2.27. The molecule has 0 nitrogen and oxygen atoms in total. The maximum Gasteiger partial charge on any atom is -1.00 e. The minimum absolute atomic E-state index is 0. The SMILES string of the molecule is C/[C](=[Hf+2]\[CH]1c2ccccc2-c2cccc(C3=CC=CC3)c21)c1ccccc1.[Cl-].[Cl-]. The average molecular weight is 583 g/mol. The van der Waals surface area contributed by atoms with Crippen LogP contribution in [0.25, 0.3) is 16.7 Å². The van der Waals surface area contributed by atoms with Gasteiger partial charge in [-0.2, -0.15) is 0 Å². The van der Waals surface area contributed by atoms with Crippen LogP contribution in [0.15, 0.2) is 91.0 Å². The molecule has 0 aromatic heterocycles. The molecule has 0 bridgehead atoms. The molecule has 1 unspecified atom stereocenters. The molecule has 0 fully saturated rings. The van der Waals surface area contributed by atoms with Crippen molar-refractivity contribution in [3.63, 3.8) is 0 Å². The summed E-state index contributed by atoms with van der Waals surface area (Å²) in [5.41, 5.74) is 10.5. The topological polar surface area (TPSA) is 0 Å². The predicted octanol–water partition coefficient (Wildman–Crippen LogP) is 0.431. The molecule has 0 saturated heterocycles. The maximum absolute atomic E-state index is 2.37. The van der Waals surface area contributed by atoms with Gasteiger partial charge in [0.2, 0.25) is 0 Å². The molecular formula is C26H21Cl2Hf. The van der Waals surface area contributed by atoms with Gasteiger partial charge in [-0.25, -0.2) is 0 Å². The molecule has 29 heavy (non-hydrogen) atoms. The standard InChI is InChI=1S/C18H13.C8H8.2ClH.Hf/c1-2-7-13(6-1)15-10-5-11-17-16-9-4-3-8-14(16)12-18(15)17;1-2-8-6-4-3-5-7-8;;;/h1-6,8-12H,7H2;3-7H,1H3;2*1H;/q;;;;+2/p-2. The Morgan fingerprint density at radius 1 is 0.793 bits per heavy atom. The summed E-state index contributed by atoms with van der Waals surface area (Å²) in [5, 5.41) is 0. The van der Waals surface area contributed by atoms with Crippen LogP contribution < -0.4 is 24.8 Å². The van der Waals surface area contributed by atoms with E-state index in [2.05, 4.69) is 97.9 Å². The quantitative estimate of drug-likeness (QED) is 0.393. The molecule has 0 N–H and O–H groups in total. The summed E-state index contributed by atoms with van der Waals surface area (Å²) in [5.74, 6) is 0. The van der Waals surface area contributed by atoms with Gasteiger partial charge in [-0.1, -0.05) is 0 Å². The van der Waals surface area contributed by atoms with E-state index in [0.29, 0.717) is 3.67 Å². The van der Waals surface area contributed by atoms with E-state index in [0.717, 1.165) is 6.42 Å². The van der Waals surface area contributed by atoms with E-state index >= 15 is 0 Å². The fraction of sp³-hybridized carbons (Fsp3) is 0.115. The van der Waals surface area contributed by atoms with Gasteiger partial charge in [-0.05, 0) is 0 Å². The van der Waals surface area contributed by atoms with E-state index in [-0.39, 0.29) is 24.8 Å². The van der Waals surface area contributed by atoms with Gasteiger partial charge < -0.3 is 24.8 Å². The average Bonchev–Trinajstić information content (AvgIpc) is 3.36. The molecule has 0 amide bonds. The van der Waals surface area contributed by atoms with E-state index < -0.39 is 22.4 Å². The Labute approximate surface area is 196 Å². The van der Waals surface area contributed by atoms with Gasteiger partial charge in [-0.15, -0.1) is 0 Å². The van der Waals surface area contributed by atoms with Crippen molar-refractivity contribution in [3.05, 3.63) is 113 Å².